The summed E-state index contributed by atoms with van der Waals surface area (Å²) < 4.78 is 22.9. The van der Waals surface area contributed by atoms with E-state index in [0.717, 1.165) is 68.1 Å². The molecule has 1 heterocycles. The van der Waals surface area contributed by atoms with Crippen LogP contribution in [0.4, 0.5) is 0 Å². The predicted molar refractivity (Wildman–Crippen MR) is 178 cm³/mol. The van der Waals surface area contributed by atoms with Crippen molar-refractivity contribution in [3.8, 4) is 0 Å². The molecule has 1 N–H and O–H groups in total. The van der Waals surface area contributed by atoms with E-state index < -0.39 is 0 Å². The van der Waals surface area contributed by atoms with Gasteiger partial charge in [0, 0.05) is 6.92 Å². The molecule has 3 saturated carbocycles. The molecule has 0 spiro atoms. The summed E-state index contributed by atoms with van der Waals surface area (Å²) in [5, 5.41) is 12.1. The fourth-order valence-electron chi connectivity index (χ4n) is 8.64. The van der Waals surface area contributed by atoms with Crippen LogP contribution in [-0.4, -0.2) is 54.9 Å². The van der Waals surface area contributed by atoms with Gasteiger partial charge in [0.15, 0.2) is 6.29 Å². The largest absolute Gasteiger partial charge is 0.463 e. The molecule has 0 bridgehead atoms. The molecule has 0 aromatic carbocycles. The minimum Gasteiger partial charge on any atom is -0.463 e. The minimum atomic E-state index is -0.314. The highest BCUT2D eigenvalue weighted by Crippen LogP contribution is 2.44. The lowest BCUT2D eigenvalue weighted by Crippen LogP contribution is -2.33. The standard InChI is InChI=1S/C37H60O7S/c1-5-28(30-12-18-35(19-13-30)44-27(4)41-20-21-42-37(40)36-7-6-22-45-36)24-32(31-8-14-33(39)15-9-31)23-25(2)29-10-16-34(17-11-29)43-26(3)38/h6-7,22,25,27-35,39H,5,8-21,23-24H2,1-4H3. The molecule has 0 aliphatic heterocycles. The first kappa shape index (κ1) is 36.4. The van der Waals surface area contributed by atoms with E-state index in [-0.39, 0.29) is 43.1 Å². The van der Waals surface area contributed by atoms with E-state index in [1.165, 1.54) is 76.0 Å². The average molecular weight is 649 g/mol. The number of hydrogen-bond acceptors (Lipinski definition) is 8. The van der Waals surface area contributed by atoms with Crippen molar-refractivity contribution in [1.29, 1.82) is 0 Å². The number of esters is 2. The van der Waals surface area contributed by atoms with E-state index in [4.69, 9.17) is 18.9 Å². The zero-order valence-electron chi connectivity index (χ0n) is 28.3. The lowest BCUT2D eigenvalue weighted by Gasteiger charge is -2.41. The van der Waals surface area contributed by atoms with Crippen molar-refractivity contribution in [2.45, 2.75) is 149 Å². The minimum absolute atomic E-state index is 0.110. The number of aliphatic hydroxyl groups excluding tert-OH is 1. The summed E-state index contributed by atoms with van der Waals surface area (Å²) in [7, 11) is 0. The monoisotopic (exact) mass is 648 g/mol. The maximum absolute atomic E-state index is 12.0. The molecule has 0 amide bonds. The second kappa shape index (κ2) is 18.8. The Labute approximate surface area is 276 Å². The van der Waals surface area contributed by atoms with Crippen LogP contribution in [0.25, 0.3) is 0 Å². The highest BCUT2D eigenvalue weighted by atomic mass is 32.1. The fourth-order valence-corrected chi connectivity index (χ4v) is 9.25. The van der Waals surface area contributed by atoms with Crippen molar-refractivity contribution in [3.63, 3.8) is 0 Å². The van der Waals surface area contributed by atoms with Gasteiger partial charge in [-0.3, -0.25) is 4.79 Å². The smallest absolute Gasteiger partial charge is 0.348 e. The van der Waals surface area contributed by atoms with Crippen LogP contribution in [0.3, 0.4) is 0 Å². The third-order valence-corrected chi connectivity index (χ3v) is 12.1. The lowest BCUT2D eigenvalue weighted by molar-refractivity contribution is -0.172. The van der Waals surface area contributed by atoms with Crippen molar-refractivity contribution >= 4 is 23.3 Å². The predicted octanol–water partition coefficient (Wildman–Crippen LogP) is 8.57. The van der Waals surface area contributed by atoms with Gasteiger partial charge in [0.2, 0.25) is 0 Å². The van der Waals surface area contributed by atoms with Crippen molar-refractivity contribution in [3.05, 3.63) is 22.4 Å². The third-order valence-electron chi connectivity index (χ3n) is 11.2. The quantitative estimate of drug-likeness (QED) is 0.109. The van der Waals surface area contributed by atoms with Gasteiger partial charge in [-0.05, 0) is 144 Å². The molecule has 1 aromatic heterocycles. The molecule has 0 radical (unpaired) electrons. The first-order chi connectivity index (χ1) is 21.7. The number of aliphatic hydroxyl groups is 1. The fraction of sp³-hybridized carbons (Fsp3) is 0.838. The summed E-state index contributed by atoms with van der Waals surface area (Å²) in [6.45, 7) is 8.88. The first-order valence-electron chi connectivity index (χ1n) is 18.0. The van der Waals surface area contributed by atoms with Crippen molar-refractivity contribution in [2.24, 2.45) is 35.5 Å². The van der Waals surface area contributed by atoms with E-state index in [0.29, 0.717) is 17.4 Å². The maximum Gasteiger partial charge on any atom is 0.348 e. The number of thiophene rings is 1. The highest BCUT2D eigenvalue weighted by Gasteiger charge is 2.35. The van der Waals surface area contributed by atoms with E-state index in [1.54, 1.807) is 6.07 Å². The molecule has 4 rings (SSSR count). The maximum atomic E-state index is 12.0. The number of carbonyl (C=O) groups is 2. The average Bonchev–Trinajstić information content (AvgIpc) is 3.58. The molecule has 7 nitrogen and oxygen atoms in total. The molecule has 4 unspecified atom stereocenters. The molecule has 4 atom stereocenters. The number of hydrogen-bond donors (Lipinski definition) is 1. The van der Waals surface area contributed by atoms with Crippen LogP contribution in [-0.2, 0) is 23.7 Å². The Morgan fingerprint density at radius 3 is 2.09 bits per heavy atom. The topological polar surface area (TPSA) is 91.3 Å². The molecule has 45 heavy (non-hydrogen) atoms. The van der Waals surface area contributed by atoms with Crippen LogP contribution in [0.5, 0.6) is 0 Å². The lowest BCUT2D eigenvalue weighted by atomic mass is 9.66. The van der Waals surface area contributed by atoms with Gasteiger partial charge in [-0.15, -0.1) is 11.3 Å². The van der Waals surface area contributed by atoms with Crippen molar-refractivity contribution in [1.82, 2.24) is 0 Å². The normalized spacial score (nSPS) is 30.2. The SMILES string of the molecule is CCC(CC(CC(C)C1CCC(OC(C)=O)CC1)C1CCC(O)CC1)C1CCC(OC(C)OCCOC(=O)c2cccs2)CC1. The molecule has 3 aliphatic carbocycles. The zero-order chi connectivity index (χ0) is 32.2. The Bertz CT molecular complexity index is 975. The van der Waals surface area contributed by atoms with E-state index in [9.17, 15) is 14.7 Å². The molecule has 3 aliphatic rings. The Hall–Kier alpha value is -1.48. The van der Waals surface area contributed by atoms with Crippen LogP contribution in [0.1, 0.15) is 134 Å². The summed E-state index contributed by atoms with van der Waals surface area (Å²) in [5.74, 6) is 3.89. The van der Waals surface area contributed by atoms with Gasteiger partial charge in [-0.2, -0.15) is 0 Å². The summed E-state index contributed by atoms with van der Waals surface area (Å²) >= 11 is 1.38. The van der Waals surface area contributed by atoms with Crippen LogP contribution >= 0.6 is 11.3 Å². The summed E-state index contributed by atoms with van der Waals surface area (Å²) in [5.41, 5.74) is 0. The second-order valence-electron chi connectivity index (χ2n) is 14.3. The Balaban J connectivity index is 1.21. The van der Waals surface area contributed by atoms with Crippen molar-refractivity contribution in [2.75, 3.05) is 13.2 Å². The number of rotatable bonds is 16. The summed E-state index contributed by atoms with van der Waals surface area (Å²) in [6.07, 6.45) is 16.9. The van der Waals surface area contributed by atoms with Crippen LogP contribution in [0.2, 0.25) is 0 Å². The molecule has 256 valence electrons. The third kappa shape index (κ3) is 11.9. The van der Waals surface area contributed by atoms with E-state index >= 15 is 0 Å². The summed E-state index contributed by atoms with van der Waals surface area (Å²) in [6, 6.07) is 3.61. The Kier molecular flexibility index (Phi) is 15.2. The number of carbonyl (C=O) groups excluding carboxylic acids is 2. The van der Waals surface area contributed by atoms with Gasteiger partial charge < -0.3 is 24.1 Å². The molecular weight excluding hydrogens is 588 g/mol. The van der Waals surface area contributed by atoms with Crippen molar-refractivity contribution < 1.29 is 33.6 Å². The van der Waals surface area contributed by atoms with Gasteiger partial charge in [0.1, 0.15) is 17.6 Å². The molecule has 1 aromatic rings. The van der Waals surface area contributed by atoms with Crippen LogP contribution in [0.15, 0.2) is 17.5 Å². The Morgan fingerprint density at radius 1 is 0.844 bits per heavy atom. The van der Waals surface area contributed by atoms with Gasteiger partial charge in [-0.25, -0.2) is 4.79 Å². The van der Waals surface area contributed by atoms with Gasteiger partial charge in [0.05, 0.1) is 18.8 Å². The Morgan fingerprint density at radius 2 is 1.47 bits per heavy atom. The van der Waals surface area contributed by atoms with Gasteiger partial charge in [0.25, 0.3) is 0 Å². The molecule has 0 saturated heterocycles. The second-order valence-corrected chi connectivity index (χ2v) is 15.3. The van der Waals surface area contributed by atoms with Gasteiger partial charge in [-0.1, -0.05) is 26.3 Å². The van der Waals surface area contributed by atoms with E-state index in [2.05, 4.69) is 13.8 Å². The summed E-state index contributed by atoms with van der Waals surface area (Å²) in [4.78, 5) is 24.0. The first-order valence-corrected chi connectivity index (χ1v) is 18.9. The highest BCUT2D eigenvalue weighted by molar-refractivity contribution is 7.11. The van der Waals surface area contributed by atoms with Gasteiger partial charge >= 0.3 is 11.9 Å². The van der Waals surface area contributed by atoms with E-state index in [1.807, 2.05) is 18.4 Å². The zero-order valence-corrected chi connectivity index (χ0v) is 29.1. The van der Waals surface area contributed by atoms with Crippen LogP contribution in [0, 0.1) is 35.5 Å². The van der Waals surface area contributed by atoms with Crippen LogP contribution < -0.4 is 0 Å². The molecule has 8 heteroatoms. The number of ether oxygens (including phenoxy) is 4. The molecule has 3 fully saturated rings. The molecular formula is C37H60O7S.